The Morgan fingerprint density at radius 1 is 0.441 bits per heavy atom. The standard InChI is InChI=1S/C64H40N4/c1-39-45(38-66)22-28-52-50-26-20-40(37-65)32-57(50)64(63(39)52)56-18-10-8-16-48(56)49-27-21-44(36-58(49)64)43-25-31-62-55(35-43)54-34-42(24-30-61(54)68(62)47-14-6-3-7-15-47)41-23-29-60-53(33-41)51-17-9-11-19-59(51)67(60)46-12-4-2-5-13-46/h2-36,39,45H,1H3. The summed E-state index contributed by atoms with van der Waals surface area (Å²) in [4.78, 5) is 0. The number of hydrogen-bond donors (Lipinski definition) is 0. The normalized spacial score (nSPS) is 17.7. The van der Waals surface area contributed by atoms with Gasteiger partial charge in [-0.05, 0) is 158 Å². The Hall–Kier alpha value is -8.96. The van der Waals surface area contributed by atoms with Gasteiger partial charge < -0.3 is 9.13 Å². The van der Waals surface area contributed by atoms with Crippen LogP contribution in [0.3, 0.4) is 0 Å². The smallest absolute Gasteiger partial charge is 0.0991 e. The van der Waals surface area contributed by atoms with Crippen molar-refractivity contribution in [1.29, 1.82) is 10.5 Å². The molecule has 0 saturated carbocycles. The zero-order chi connectivity index (χ0) is 45.3. The van der Waals surface area contributed by atoms with Crippen molar-refractivity contribution >= 4 is 49.2 Å². The molecule has 0 fully saturated rings. The number of hydrogen-bond acceptors (Lipinski definition) is 2. The lowest BCUT2D eigenvalue weighted by molar-refractivity contribution is 0.524. The third kappa shape index (κ3) is 5.12. The lowest BCUT2D eigenvalue weighted by Gasteiger charge is -2.37. The summed E-state index contributed by atoms with van der Waals surface area (Å²) in [6.07, 6.45) is 4.23. The lowest BCUT2D eigenvalue weighted by atomic mass is 9.63. The van der Waals surface area contributed by atoms with Gasteiger partial charge in [-0.2, -0.15) is 10.5 Å². The predicted octanol–water partition coefficient (Wildman–Crippen LogP) is 15.5. The molecular weight excluding hydrogens is 825 g/mol. The summed E-state index contributed by atoms with van der Waals surface area (Å²) in [5.74, 6) is -0.306. The zero-order valence-electron chi connectivity index (χ0n) is 37.2. The molecule has 1 spiro atoms. The molecule has 68 heavy (non-hydrogen) atoms. The van der Waals surface area contributed by atoms with Crippen molar-refractivity contribution in [3.63, 3.8) is 0 Å². The fraction of sp³-hybridized carbons (Fsp3) is 0.0625. The molecule has 3 unspecified atom stereocenters. The molecule has 3 aliphatic rings. The quantitative estimate of drug-likeness (QED) is 0.177. The van der Waals surface area contributed by atoms with Gasteiger partial charge in [0, 0.05) is 32.9 Å². The molecule has 2 aromatic heterocycles. The monoisotopic (exact) mass is 864 g/mol. The van der Waals surface area contributed by atoms with Crippen LogP contribution >= 0.6 is 0 Å². The van der Waals surface area contributed by atoms with Crippen LogP contribution in [-0.2, 0) is 5.41 Å². The second-order valence-electron chi connectivity index (χ2n) is 18.6. The summed E-state index contributed by atoms with van der Waals surface area (Å²) >= 11 is 0. The van der Waals surface area contributed by atoms with Gasteiger partial charge in [-0.1, -0.05) is 134 Å². The van der Waals surface area contributed by atoms with Crippen molar-refractivity contribution in [2.75, 3.05) is 0 Å². The maximum atomic E-state index is 10.5. The molecule has 14 rings (SSSR count). The summed E-state index contributed by atoms with van der Waals surface area (Å²) in [6.45, 7) is 2.21. The summed E-state index contributed by atoms with van der Waals surface area (Å²) in [5, 5.41) is 25.6. The van der Waals surface area contributed by atoms with E-state index in [2.05, 4.69) is 234 Å². The van der Waals surface area contributed by atoms with Crippen molar-refractivity contribution in [2.45, 2.75) is 12.3 Å². The van der Waals surface area contributed by atoms with Gasteiger partial charge >= 0.3 is 0 Å². The first kappa shape index (κ1) is 38.3. The first-order valence-electron chi connectivity index (χ1n) is 23.4. The van der Waals surface area contributed by atoms with E-state index in [9.17, 15) is 10.5 Å². The average molecular weight is 865 g/mol. The number of para-hydroxylation sites is 3. The molecule has 11 aromatic rings. The van der Waals surface area contributed by atoms with Crippen LogP contribution in [0.4, 0.5) is 0 Å². The Bertz CT molecular complexity index is 4130. The molecule has 3 aliphatic carbocycles. The van der Waals surface area contributed by atoms with Crippen LogP contribution in [-0.4, -0.2) is 9.13 Å². The van der Waals surface area contributed by atoms with Crippen molar-refractivity contribution in [3.05, 3.63) is 246 Å². The first-order chi connectivity index (χ1) is 33.5. The van der Waals surface area contributed by atoms with Gasteiger partial charge in [0.15, 0.2) is 0 Å². The minimum Gasteiger partial charge on any atom is -0.309 e. The predicted molar refractivity (Wildman–Crippen MR) is 277 cm³/mol. The van der Waals surface area contributed by atoms with E-state index in [4.69, 9.17) is 0 Å². The van der Waals surface area contributed by atoms with Gasteiger partial charge in [0.2, 0.25) is 0 Å². The maximum absolute atomic E-state index is 10.5. The van der Waals surface area contributed by atoms with Crippen LogP contribution in [0.15, 0.2) is 218 Å². The maximum Gasteiger partial charge on any atom is 0.0991 e. The summed E-state index contributed by atoms with van der Waals surface area (Å²) < 4.78 is 4.76. The largest absolute Gasteiger partial charge is 0.309 e. The van der Waals surface area contributed by atoms with Crippen LogP contribution in [0.5, 0.6) is 0 Å². The molecular formula is C64H40N4. The van der Waals surface area contributed by atoms with E-state index in [1.54, 1.807) is 0 Å². The number of fused-ring (bicyclic) bond motifs is 15. The van der Waals surface area contributed by atoms with Crippen LogP contribution < -0.4 is 0 Å². The highest BCUT2D eigenvalue weighted by Gasteiger charge is 2.55. The van der Waals surface area contributed by atoms with E-state index >= 15 is 0 Å². The third-order valence-electron chi connectivity index (χ3n) is 15.3. The minimum absolute atomic E-state index is 0.0431. The lowest BCUT2D eigenvalue weighted by Crippen LogP contribution is -2.33. The van der Waals surface area contributed by atoms with Crippen molar-refractivity contribution in [1.82, 2.24) is 9.13 Å². The van der Waals surface area contributed by atoms with Gasteiger partial charge in [0.25, 0.3) is 0 Å². The van der Waals surface area contributed by atoms with Crippen molar-refractivity contribution in [3.8, 4) is 56.9 Å². The number of benzene rings is 9. The van der Waals surface area contributed by atoms with E-state index in [-0.39, 0.29) is 11.8 Å². The molecule has 9 aromatic carbocycles. The molecule has 2 heterocycles. The number of rotatable bonds is 4. The van der Waals surface area contributed by atoms with E-state index in [1.165, 1.54) is 71.5 Å². The third-order valence-corrected chi connectivity index (χ3v) is 15.3. The molecule has 4 heteroatoms. The number of nitriles is 2. The van der Waals surface area contributed by atoms with Crippen LogP contribution in [0.25, 0.3) is 93.9 Å². The first-order valence-corrected chi connectivity index (χ1v) is 23.4. The molecule has 0 amide bonds. The molecule has 4 nitrogen and oxygen atoms in total. The Kier molecular flexibility index (Phi) is 8.04. The highest BCUT2D eigenvalue weighted by molar-refractivity contribution is 6.13. The molecule has 3 atom stereocenters. The fourth-order valence-electron chi connectivity index (χ4n) is 12.4. The number of nitrogens with zero attached hydrogens (tertiary/aromatic N) is 4. The van der Waals surface area contributed by atoms with Crippen molar-refractivity contribution < 1.29 is 0 Å². The van der Waals surface area contributed by atoms with E-state index in [0.29, 0.717) is 5.56 Å². The van der Waals surface area contributed by atoms with Crippen molar-refractivity contribution in [2.24, 2.45) is 11.8 Å². The van der Waals surface area contributed by atoms with Gasteiger partial charge in [-0.25, -0.2) is 0 Å². The zero-order valence-corrected chi connectivity index (χ0v) is 37.2. The van der Waals surface area contributed by atoms with E-state index < -0.39 is 5.41 Å². The topological polar surface area (TPSA) is 57.4 Å². The Labute approximate surface area is 393 Å². The van der Waals surface area contributed by atoms with Gasteiger partial charge in [-0.15, -0.1) is 0 Å². The van der Waals surface area contributed by atoms with Crippen LogP contribution in [0, 0.1) is 34.5 Å². The summed E-state index contributed by atoms with van der Waals surface area (Å²) in [7, 11) is 0. The van der Waals surface area contributed by atoms with E-state index in [0.717, 1.165) is 50.2 Å². The highest BCUT2D eigenvalue weighted by atomic mass is 15.0. The average Bonchev–Trinajstić information content (AvgIpc) is 4.10. The van der Waals surface area contributed by atoms with Gasteiger partial charge in [-0.3, -0.25) is 0 Å². The number of allylic oxidation sites excluding steroid dienone is 4. The Balaban J connectivity index is 0.976. The van der Waals surface area contributed by atoms with E-state index in [1.807, 2.05) is 6.07 Å². The molecule has 0 bridgehead atoms. The SMILES string of the molecule is CC1C2=C(C=CC1C#N)c1ccc(C#N)cc1C21c2ccccc2-c2ccc(-c3ccc4c(c3)c3cc(-c5ccc6c(c5)c5ccccc5n6-c5ccccc5)ccc3n4-c3ccccc3)cc21. The highest BCUT2D eigenvalue weighted by Crippen LogP contribution is 2.65. The van der Waals surface area contributed by atoms with Crippen LogP contribution in [0.1, 0.15) is 34.7 Å². The molecule has 0 radical (unpaired) electrons. The minimum atomic E-state index is -0.657. The number of aromatic nitrogens is 2. The van der Waals surface area contributed by atoms with Gasteiger partial charge in [0.1, 0.15) is 0 Å². The molecule has 0 aliphatic heterocycles. The molecule has 0 N–H and O–H groups in total. The second kappa shape index (κ2) is 14.3. The summed E-state index contributed by atoms with van der Waals surface area (Å²) in [6, 6.07) is 77.8. The van der Waals surface area contributed by atoms with Crippen LogP contribution in [0.2, 0.25) is 0 Å². The second-order valence-corrected chi connectivity index (χ2v) is 18.6. The molecule has 316 valence electrons. The van der Waals surface area contributed by atoms with Gasteiger partial charge in [0.05, 0.1) is 51.1 Å². The fourth-order valence-corrected chi connectivity index (χ4v) is 12.4. The Morgan fingerprint density at radius 3 is 1.57 bits per heavy atom. The Morgan fingerprint density at radius 2 is 0.941 bits per heavy atom. The summed E-state index contributed by atoms with van der Waals surface area (Å²) in [5.41, 5.74) is 21.0. The molecule has 0 saturated heterocycles.